The van der Waals surface area contributed by atoms with Gasteiger partial charge in [-0.2, -0.15) is 0 Å². The third-order valence-corrected chi connectivity index (χ3v) is 19.1. The molecule has 4 nitrogen and oxygen atoms in total. The van der Waals surface area contributed by atoms with Crippen LogP contribution in [0, 0.1) is 0 Å². The van der Waals surface area contributed by atoms with Crippen LogP contribution in [0.25, 0.3) is 39.0 Å². The second-order valence-electron chi connectivity index (χ2n) is 13.3. The third-order valence-electron chi connectivity index (χ3n) is 9.17. The summed E-state index contributed by atoms with van der Waals surface area (Å²) in [6, 6.07) is 16.2. The molecule has 5 aromatic heterocycles. The van der Waals surface area contributed by atoms with Gasteiger partial charge in [0, 0.05) is 29.3 Å². The van der Waals surface area contributed by atoms with E-state index in [1.807, 2.05) is 47.2 Å². The quantitative estimate of drug-likeness (QED) is 0.0582. The van der Waals surface area contributed by atoms with E-state index in [1.165, 1.54) is 62.7 Å². The van der Waals surface area contributed by atoms with Crippen molar-refractivity contribution in [2.24, 2.45) is 0 Å². The fourth-order valence-electron chi connectivity index (χ4n) is 6.37. The molecule has 0 radical (unpaired) electrons. The molecule has 0 saturated carbocycles. The van der Waals surface area contributed by atoms with Crippen LogP contribution >= 0.6 is 56.7 Å². The van der Waals surface area contributed by atoms with Crippen LogP contribution in [0.1, 0.15) is 117 Å². The number of sulfone groups is 2. The monoisotopic (exact) mass is 820 g/mol. The maximum absolute atomic E-state index is 14.6. The zero-order chi connectivity index (χ0) is 36.1. The van der Waals surface area contributed by atoms with Crippen molar-refractivity contribution in [3.63, 3.8) is 0 Å². The molecule has 0 saturated heterocycles. The van der Waals surface area contributed by atoms with E-state index in [-0.39, 0.29) is 21.3 Å². The van der Waals surface area contributed by atoms with E-state index >= 15 is 0 Å². The summed E-state index contributed by atoms with van der Waals surface area (Å²) < 4.78 is 58.4. The van der Waals surface area contributed by atoms with Crippen LogP contribution in [0.2, 0.25) is 0 Å². The Morgan fingerprint density at radius 1 is 0.412 bits per heavy atom. The molecular formula is C40H52O4S7. The molecule has 0 fully saturated rings. The molecule has 0 aliphatic rings. The Bertz CT molecular complexity index is 1820. The van der Waals surface area contributed by atoms with E-state index in [4.69, 9.17) is 0 Å². The van der Waals surface area contributed by atoms with Crippen LogP contribution in [0.3, 0.4) is 0 Å². The van der Waals surface area contributed by atoms with Gasteiger partial charge in [-0.05, 0) is 60.0 Å². The highest BCUT2D eigenvalue weighted by molar-refractivity contribution is 7.95. The molecule has 0 aromatic carbocycles. The third kappa shape index (κ3) is 11.2. The molecule has 51 heavy (non-hydrogen) atoms. The van der Waals surface area contributed by atoms with Crippen LogP contribution in [-0.4, -0.2) is 28.3 Å². The lowest BCUT2D eigenvalue weighted by Gasteiger charge is -2.11. The number of thiophene rings is 5. The average Bonchev–Trinajstić information content (AvgIpc) is 3.95. The Morgan fingerprint density at radius 3 is 1.12 bits per heavy atom. The molecule has 0 spiro atoms. The van der Waals surface area contributed by atoms with Gasteiger partial charge in [-0.1, -0.05) is 116 Å². The van der Waals surface area contributed by atoms with Gasteiger partial charge in [0.15, 0.2) is 19.7 Å². The second kappa shape index (κ2) is 20.2. The minimum absolute atomic E-state index is 0.0377. The van der Waals surface area contributed by atoms with Crippen molar-refractivity contribution in [3.05, 3.63) is 59.3 Å². The van der Waals surface area contributed by atoms with E-state index in [2.05, 4.69) is 26.0 Å². The molecule has 0 amide bonds. The van der Waals surface area contributed by atoms with Gasteiger partial charge < -0.3 is 0 Å². The van der Waals surface area contributed by atoms with Gasteiger partial charge in [-0.15, -0.1) is 56.7 Å². The molecule has 5 heterocycles. The molecule has 0 bridgehead atoms. The van der Waals surface area contributed by atoms with E-state index in [0.717, 1.165) is 67.8 Å². The number of hydrogen-bond donors (Lipinski definition) is 0. The topological polar surface area (TPSA) is 68.3 Å². The summed E-state index contributed by atoms with van der Waals surface area (Å²) in [5.41, 5.74) is 0. The maximum Gasteiger partial charge on any atom is 0.181 e. The number of hydrogen-bond acceptors (Lipinski definition) is 9. The number of rotatable bonds is 24. The van der Waals surface area contributed by atoms with Crippen molar-refractivity contribution >= 4 is 76.4 Å². The molecular weight excluding hydrogens is 769 g/mol. The normalized spacial score (nSPS) is 12.3. The molecule has 0 aliphatic carbocycles. The lowest BCUT2D eigenvalue weighted by atomic mass is 10.1. The fourth-order valence-corrected chi connectivity index (χ4v) is 16.5. The Morgan fingerprint density at radius 2 is 0.765 bits per heavy atom. The Labute approximate surface area is 326 Å². The second-order valence-corrected chi connectivity index (χ2v) is 22.5. The van der Waals surface area contributed by atoms with Crippen LogP contribution in [-0.2, 0) is 19.7 Å². The zero-order valence-corrected chi connectivity index (χ0v) is 35.7. The van der Waals surface area contributed by atoms with E-state index in [9.17, 15) is 16.8 Å². The van der Waals surface area contributed by atoms with Gasteiger partial charge in [0.05, 0.1) is 21.3 Å². The molecule has 278 valence electrons. The minimum atomic E-state index is -3.92. The molecule has 0 atom stereocenters. The summed E-state index contributed by atoms with van der Waals surface area (Å²) >= 11 is 7.73. The molecule has 0 unspecified atom stereocenters. The first-order valence-corrected chi connectivity index (χ1v) is 26.2. The predicted octanol–water partition coefficient (Wildman–Crippen LogP) is 14.5. The standard InChI is InChI=1S/C40H52O4S7/c1-3-5-7-9-11-13-15-17-29-50(41,42)39-37(35-25-23-33(47-35)31-21-19-27-45-31)49-38(36-26-24-34(48-36)32-22-20-28-46-32)40(39)51(43,44)30-18-16-14-12-10-8-6-4-2/h19-28H,3-18,29-30H2,1-2H3. The highest BCUT2D eigenvalue weighted by Gasteiger charge is 2.37. The zero-order valence-electron chi connectivity index (χ0n) is 30.0. The van der Waals surface area contributed by atoms with Gasteiger partial charge in [0.1, 0.15) is 9.79 Å². The smallest absolute Gasteiger partial charge is 0.181 e. The minimum Gasteiger partial charge on any atom is -0.224 e. The first-order valence-electron chi connectivity index (χ1n) is 18.7. The summed E-state index contributed by atoms with van der Waals surface area (Å²) in [5.74, 6) is -0.0844. The van der Waals surface area contributed by atoms with Crippen molar-refractivity contribution in [2.75, 3.05) is 11.5 Å². The highest BCUT2D eigenvalue weighted by Crippen LogP contribution is 2.52. The van der Waals surface area contributed by atoms with Crippen molar-refractivity contribution < 1.29 is 16.8 Å². The van der Waals surface area contributed by atoms with Crippen molar-refractivity contribution in [3.8, 4) is 39.0 Å². The van der Waals surface area contributed by atoms with E-state index < -0.39 is 19.7 Å². The van der Waals surface area contributed by atoms with Crippen LogP contribution in [0.5, 0.6) is 0 Å². The SMILES string of the molecule is CCCCCCCCCCS(=O)(=O)c1c(-c2ccc(-c3cccs3)s2)sc(-c2ccc(-c3cccs3)s2)c1S(=O)(=O)CCCCCCCCCC. The first kappa shape index (κ1) is 40.6. The predicted molar refractivity (Wildman–Crippen MR) is 227 cm³/mol. The van der Waals surface area contributed by atoms with Crippen molar-refractivity contribution in [1.82, 2.24) is 0 Å². The molecule has 0 aliphatic heterocycles. The Hall–Kier alpha value is -1.60. The van der Waals surface area contributed by atoms with Crippen LogP contribution in [0.15, 0.2) is 69.1 Å². The van der Waals surface area contributed by atoms with Gasteiger partial charge in [-0.3, -0.25) is 0 Å². The summed E-state index contributed by atoms with van der Waals surface area (Å²) in [6.45, 7) is 4.42. The summed E-state index contributed by atoms with van der Waals surface area (Å²) in [4.78, 5) is 7.18. The molecule has 5 rings (SSSR count). The van der Waals surface area contributed by atoms with Crippen LogP contribution in [0.4, 0.5) is 0 Å². The summed E-state index contributed by atoms with van der Waals surface area (Å²) in [7, 11) is -7.85. The van der Waals surface area contributed by atoms with Crippen molar-refractivity contribution in [2.45, 2.75) is 126 Å². The Balaban J connectivity index is 1.52. The summed E-state index contributed by atoms with van der Waals surface area (Å²) in [5, 5.41) is 4.07. The van der Waals surface area contributed by atoms with Gasteiger partial charge in [0.2, 0.25) is 0 Å². The van der Waals surface area contributed by atoms with Gasteiger partial charge >= 0.3 is 0 Å². The number of unbranched alkanes of at least 4 members (excludes halogenated alkanes) is 14. The van der Waals surface area contributed by atoms with Crippen LogP contribution < -0.4 is 0 Å². The molecule has 5 aromatic rings. The van der Waals surface area contributed by atoms with E-state index in [0.29, 0.717) is 22.6 Å². The largest absolute Gasteiger partial charge is 0.224 e. The van der Waals surface area contributed by atoms with Crippen molar-refractivity contribution in [1.29, 1.82) is 0 Å². The highest BCUT2D eigenvalue weighted by atomic mass is 32.2. The maximum atomic E-state index is 14.6. The lowest BCUT2D eigenvalue weighted by Crippen LogP contribution is -2.15. The van der Waals surface area contributed by atoms with Gasteiger partial charge in [-0.25, -0.2) is 16.8 Å². The average molecular weight is 821 g/mol. The molecule has 11 heteroatoms. The molecule has 0 N–H and O–H groups in total. The first-order chi connectivity index (χ1) is 24.7. The lowest BCUT2D eigenvalue weighted by molar-refractivity contribution is 0.566. The van der Waals surface area contributed by atoms with E-state index in [1.54, 1.807) is 45.3 Å². The summed E-state index contributed by atoms with van der Waals surface area (Å²) in [6.07, 6.45) is 16.6. The Kier molecular flexibility index (Phi) is 16.1. The van der Waals surface area contributed by atoms with Gasteiger partial charge in [0.25, 0.3) is 0 Å². The fraction of sp³-hybridized carbons (Fsp3) is 0.500.